The van der Waals surface area contributed by atoms with Crippen molar-refractivity contribution in [2.45, 2.75) is 0 Å². The van der Waals surface area contributed by atoms with Gasteiger partial charge in [0.2, 0.25) is 0 Å². The minimum absolute atomic E-state index is 0.163. The van der Waals surface area contributed by atoms with E-state index < -0.39 is 0 Å². The second-order valence-corrected chi connectivity index (χ2v) is 1.73. The summed E-state index contributed by atoms with van der Waals surface area (Å²) < 4.78 is 0. The van der Waals surface area contributed by atoms with Crippen molar-refractivity contribution in [3.63, 3.8) is 0 Å². The number of allylic oxidation sites excluding steroid dienone is 2. The quantitative estimate of drug-likeness (QED) is 0.439. The van der Waals surface area contributed by atoms with Crippen LogP contribution in [0.15, 0.2) is 21.8 Å². The third-order valence-corrected chi connectivity index (χ3v) is 1.03. The summed E-state index contributed by atoms with van der Waals surface area (Å²) in [6, 6.07) is 1.78. The van der Waals surface area contributed by atoms with Crippen LogP contribution >= 0.6 is 11.6 Å². The van der Waals surface area contributed by atoms with E-state index in [4.69, 9.17) is 16.9 Å². The predicted octanol–water partition coefficient (Wildman–Crippen LogP) is 1.36. The minimum atomic E-state index is 0.163. The summed E-state index contributed by atoms with van der Waals surface area (Å²) >= 11 is 5.45. The molecule has 0 aliphatic heterocycles. The molecule has 0 heterocycles. The van der Waals surface area contributed by atoms with Crippen molar-refractivity contribution in [1.82, 2.24) is 0 Å². The Morgan fingerprint density at radius 3 is 2.70 bits per heavy atom. The lowest BCUT2D eigenvalue weighted by atomic mass is 10.4. The fourth-order valence-corrected chi connectivity index (χ4v) is 0.394. The molecule has 0 saturated carbocycles. The fourth-order valence-electron chi connectivity index (χ4n) is 0.291. The lowest BCUT2D eigenvalue weighted by Crippen LogP contribution is -1.81. The molecular weight excluding hydrogens is 150 g/mol. The first-order valence-corrected chi connectivity index (χ1v) is 2.83. The second-order valence-electron chi connectivity index (χ2n) is 1.35. The van der Waals surface area contributed by atoms with Gasteiger partial charge in [0, 0.05) is 13.1 Å². The van der Waals surface area contributed by atoms with Crippen molar-refractivity contribution in [3.05, 3.63) is 11.8 Å². The summed E-state index contributed by atoms with van der Waals surface area (Å²) in [6.45, 7) is 3.16. The topological polar surface area (TPSA) is 48.5 Å². The van der Waals surface area contributed by atoms with E-state index in [1.165, 1.54) is 13.1 Å². The van der Waals surface area contributed by atoms with Gasteiger partial charge in [-0.2, -0.15) is 5.26 Å². The van der Waals surface area contributed by atoms with E-state index >= 15 is 0 Å². The van der Waals surface area contributed by atoms with Gasteiger partial charge >= 0.3 is 0 Å². The molecule has 4 heteroatoms. The van der Waals surface area contributed by atoms with Gasteiger partial charge in [-0.25, -0.2) is 0 Å². The third kappa shape index (κ3) is 3.00. The van der Waals surface area contributed by atoms with Crippen LogP contribution < -0.4 is 0 Å². The van der Waals surface area contributed by atoms with E-state index in [0.29, 0.717) is 0 Å². The van der Waals surface area contributed by atoms with Crippen LogP contribution in [-0.4, -0.2) is 18.9 Å². The molecule has 0 fully saturated rings. The van der Waals surface area contributed by atoms with E-state index in [2.05, 4.69) is 16.7 Å². The van der Waals surface area contributed by atoms with Crippen LogP contribution in [0, 0.1) is 11.3 Å². The van der Waals surface area contributed by atoms with Crippen LogP contribution in [0.2, 0.25) is 0 Å². The summed E-state index contributed by atoms with van der Waals surface area (Å²) in [5.74, 6) is 0. The van der Waals surface area contributed by atoms with Crippen molar-refractivity contribution < 1.29 is 0 Å². The monoisotopic (exact) mass is 155 g/mol. The van der Waals surface area contributed by atoms with Crippen molar-refractivity contribution in [2.75, 3.05) is 7.05 Å². The molecule has 0 bridgehead atoms. The van der Waals surface area contributed by atoms with Crippen LogP contribution in [-0.2, 0) is 0 Å². The molecule has 0 rings (SSSR count). The molecule has 10 heavy (non-hydrogen) atoms. The van der Waals surface area contributed by atoms with E-state index in [-0.39, 0.29) is 10.9 Å². The Balaban J connectivity index is 4.44. The molecule has 0 unspecified atom stereocenters. The maximum Gasteiger partial charge on any atom is 0.142 e. The summed E-state index contributed by atoms with van der Waals surface area (Å²) in [5, 5.41) is 8.54. The Labute approximate surface area is 64.4 Å². The van der Waals surface area contributed by atoms with Gasteiger partial charge in [-0.1, -0.05) is 11.6 Å². The molecule has 0 N–H and O–H groups in total. The highest BCUT2D eigenvalue weighted by molar-refractivity contribution is 6.68. The lowest BCUT2D eigenvalue weighted by Gasteiger charge is -1.84. The number of halogens is 1. The van der Waals surface area contributed by atoms with E-state index in [1.54, 1.807) is 6.07 Å². The van der Waals surface area contributed by atoms with Gasteiger partial charge < -0.3 is 0 Å². The van der Waals surface area contributed by atoms with Crippen molar-refractivity contribution >= 4 is 23.5 Å². The van der Waals surface area contributed by atoms with Crippen LogP contribution in [0.3, 0.4) is 0 Å². The Bertz CT molecular complexity index is 222. The average molecular weight is 156 g/mol. The molecule has 0 aromatic rings. The van der Waals surface area contributed by atoms with Crippen molar-refractivity contribution in [2.24, 2.45) is 9.98 Å². The molecule has 0 aliphatic carbocycles. The maximum absolute atomic E-state index is 8.30. The van der Waals surface area contributed by atoms with E-state index in [1.807, 2.05) is 0 Å². The Morgan fingerprint density at radius 2 is 2.40 bits per heavy atom. The molecular formula is C6H6ClN3. The molecule has 0 spiro atoms. The molecule has 0 atom stereocenters. The number of nitrogens with zero attached hydrogens (tertiary/aromatic N) is 3. The smallest absolute Gasteiger partial charge is 0.142 e. The Hall–Kier alpha value is -1.14. The summed E-state index contributed by atoms with van der Waals surface area (Å²) in [6.07, 6.45) is 1.34. The highest BCUT2D eigenvalue weighted by atomic mass is 35.5. The van der Waals surface area contributed by atoms with Crippen LogP contribution in [0.25, 0.3) is 0 Å². The standard InChI is InChI=1S/C6H6ClN3/c1-9-5(4-8)3-6(7)10-2/h3H,1H2,2H3/b5-3-,10-6+. The average Bonchev–Trinajstić information content (AvgIpc) is 1.99. The van der Waals surface area contributed by atoms with E-state index in [0.717, 1.165) is 0 Å². The van der Waals surface area contributed by atoms with Crippen LogP contribution in [0.5, 0.6) is 0 Å². The highest BCUT2D eigenvalue weighted by Crippen LogP contribution is 1.96. The number of rotatable bonds is 2. The number of hydrogen-bond acceptors (Lipinski definition) is 3. The molecule has 0 aromatic carbocycles. The summed E-state index contributed by atoms with van der Waals surface area (Å²) in [7, 11) is 1.52. The highest BCUT2D eigenvalue weighted by Gasteiger charge is 1.90. The van der Waals surface area contributed by atoms with E-state index in [9.17, 15) is 0 Å². The zero-order chi connectivity index (χ0) is 7.98. The van der Waals surface area contributed by atoms with Gasteiger partial charge in [0.15, 0.2) is 0 Å². The first-order valence-electron chi connectivity index (χ1n) is 2.45. The number of nitriles is 1. The first-order chi connectivity index (χ1) is 4.74. The molecule has 0 aliphatic rings. The molecule has 3 nitrogen and oxygen atoms in total. The summed E-state index contributed by atoms with van der Waals surface area (Å²) in [4.78, 5) is 6.97. The predicted molar refractivity (Wildman–Crippen MR) is 42.5 cm³/mol. The third-order valence-electron chi connectivity index (χ3n) is 0.754. The minimum Gasteiger partial charge on any atom is -0.276 e. The van der Waals surface area contributed by atoms with Crippen LogP contribution in [0.1, 0.15) is 0 Å². The SMILES string of the molecule is C=N/C(C#N)=C\C(Cl)=N/C. The van der Waals surface area contributed by atoms with Gasteiger partial charge in [-0.3, -0.25) is 9.98 Å². The van der Waals surface area contributed by atoms with Gasteiger partial charge in [-0.05, 0) is 6.72 Å². The number of aliphatic imine (C=N–C) groups is 2. The zero-order valence-corrected chi connectivity index (χ0v) is 6.26. The normalized spacial score (nSPS) is 12.5. The molecule has 52 valence electrons. The van der Waals surface area contributed by atoms with Crippen molar-refractivity contribution in [1.29, 1.82) is 5.26 Å². The largest absolute Gasteiger partial charge is 0.276 e. The zero-order valence-electron chi connectivity index (χ0n) is 5.50. The first kappa shape index (κ1) is 8.86. The molecule has 0 radical (unpaired) electrons. The molecule has 0 amide bonds. The molecule has 0 saturated heterocycles. The van der Waals surface area contributed by atoms with Crippen molar-refractivity contribution in [3.8, 4) is 6.07 Å². The Morgan fingerprint density at radius 1 is 1.80 bits per heavy atom. The fraction of sp³-hybridized carbons (Fsp3) is 0.167. The van der Waals surface area contributed by atoms with Crippen LogP contribution in [0.4, 0.5) is 0 Å². The molecule has 0 aromatic heterocycles. The summed E-state index contributed by atoms with van der Waals surface area (Å²) in [5.41, 5.74) is 0.163. The number of hydrogen-bond donors (Lipinski definition) is 0. The second kappa shape index (κ2) is 4.71. The maximum atomic E-state index is 8.30. The Kier molecular flexibility index (Phi) is 4.17. The van der Waals surface area contributed by atoms with Gasteiger partial charge in [-0.15, -0.1) is 0 Å². The lowest BCUT2D eigenvalue weighted by molar-refractivity contribution is 1.40. The van der Waals surface area contributed by atoms with Gasteiger partial charge in [0.05, 0.1) is 0 Å². The van der Waals surface area contributed by atoms with Gasteiger partial charge in [0.1, 0.15) is 16.9 Å². The van der Waals surface area contributed by atoms with Gasteiger partial charge in [0.25, 0.3) is 0 Å².